The molecule has 1 aromatic rings. The van der Waals surface area contributed by atoms with Crippen LogP contribution in [0.3, 0.4) is 0 Å². The van der Waals surface area contributed by atoms with E-state index in [9.17, 15) is 9.90 Å². The van der Waals surface area contributed by atoms with Crippen molar-refractivity contribution in [3.05, 3.63) is 23.3 Å². The summed E-state index contributed by atoms with van der Waals surface area (Å²) in [5.74, 6) is 0.750. The predicted octanol–water partition coefficient (Wildman–Crippen LogP) is 4.14. The average Bonchev–Trinajstić information content (AvgIpc) is 2.30. The summed E-state index contributed by atoms with van der Waals surface area (Å²) in [5.41, 5.74) is 1.16. The van der Waals surface area contributed by atoms with E-state index in [0.29, 0.717) is 17.6 Å². The van der Waals surface area contributed by atoms with Crippen molar-refractivity contribution in [2.75, 3.05) is 0 Å². The quantitative estimate of drug-likeness (QED) is 0.819. The van der Waals surface area contributed by atoms with Gasteiger partial charge in [-0.3, -0.25) is 4.79 Å². The van der Waals surface area contributed by atoms with Crippen LogP contribution in [0, 0.1) is 0 Å². The van der Waals surface area contributed by atoms with Gasteiger partial charge in [0.15, 0.2) is 6.29 Å². The van der Waals surface area contributed by atoms with Crippen molar-refractivity contribution in [1.29, 1.82) is 0 Å². The molecule has 0 bridgehead atoms. The van der Waals surface area contributed by atoms with Crippen LogP contribution in [0.15, 0.2) is 12.1 Å². The minimum atomic E-state index is -0.0168. The normalized spacial score (nSPS) is 10.0. The van der Waals surface area contributed by atoms with Gasteiger partial charge in [0.1, 0.15) is 11.5 Å². The second kappa shape index (κ2) is 7.75. The highest BCUT2D eigenvalue weighted by atomic mass is 16.5. The number of aldehydes is 1. The minimum absolute atomic E-state index is 0.0168. The molecule has 0 heterocycles. The summed E-state index contributed by atoms with van der Waals surface area (Å²) in [6, 6.07) is 3.30. The Morgan fingerprint density at radius 2 is 1.72 bits per heavy atom. The van der Waals surface area contributed by atoms with Gasteiger partial charge in [-0.05, 0) is 31.4 Å². The van der Waals surface area contributed by atoms with Gasteiger partial charge in [0.05, 0.1) is 11.7 Å². The summed E-state index contributed by atoms with van der Waals surface area (Å²) < 4.78 is 5.51. The van der Waals surface area contributed by atoms with Crippen molar-refractivity contribution in [1.82, 2.24) is 0 Å². The molecule has 0 saturated heterocycles. The molecule has 0 aliphatic rings. The van der Waals surface area contributed by atoms with E-state index < -0.39 is 0 Å². The number of phenols is 1. The molecule has 1 rings (SSSR count). The van der Waals surface area contributed by atoms with Crippen molar-refractivity contribution in [2.24, 2.45) is 0 Å². The van der Waals surface area contributed by atoms with Crippen molar-refractivity contribution < 1.29 is 14.6 Å². The molecule has 102 valence electrons. The van der Waals surface area contributed by atoms with E-state index in [1.54, 1.807) is 0 Å². The molecule has 1 aromatic carbocycles. The molecular formula is C15H24O3. The zero-order chi connectivity index (χ0) is 14.3. The molecule has 0 aromatic heterocycles. The number of hydrogen-bond acceptors (Lipinski definition) is 3. The highest BCUT2D eigenvalue weighted by molar-refractivity contribution is 5.82. The van der Waals surface area contributed by atoms with E-state index in [1.165, 1.54) is 6.07 Å². The zero-order valence-corrected chi connectivity index (χ0v) is 12.2. The fraction of sp³-hybridized carbons (Fsp3) is 0.533. The van der Waals surface area contributed by atoms with Crippen molar-refractivity contribution in [3.8, 4) is 11.5 Å². The van der Waals surface area contributed by atoms with Gasteiger partial charge in [-0.15, -0.1) is 0 Å². The molecule has 1 N–H and O–H groups in total. The van der Waals surface area contributed by atoms with E-state index >= 15 is 0 Å². The maximum atomic E-state index is 10.9. The number of carbonyl (C=O) groups excluding carboxylic acids is 1. The summed E-state index contributed by atoms with van der Waals surface area (Å²) in [5, 5.41) is 9.72. The van der Waals surface area contributed by atoms with Gasteiger partial charge in [-0.25, -0.2) is 0 Å². The fourth-order valence-corrected chi connectivity index (χ4v) is 1.58. The molecule has 0 saturated carbocycles. The third kappa shape index (κ3) is 4.40. The molecule has 18 heavy (non-hydrogen) atoms. The Balaban J connectivity index is 0.00000137. The SMILES string of the molecule is CC.CC(C)Oc1cc(O)c(C=O)c(C(C)C)c1. The lowest BCUT2D eigenvalue weighted by atomic mass is 9.97. The number of carbonyl (C=O) groups is 1. The molecule has 0 aliphatic carbocycles. The van der Waals surface area contributed by atoms with Crippen LogP contribution >= 0.6 is 0 Å². The van der Waals surface area contributed by atoms with Gasteiger partial charge in [0.25, 0.3) is 0 Å². The van der Waals surface area contributed by atoms with E-state index in [2.05, 4.69) is 0 Å². The fourth-order valence-electron chi connectivity index (χ4n) is 1.58. The van der Waals surface area contributed by atoms with E-state index in [4.69, 9.17) is 4.74 Å². The highest BCUT2D eigenvalue weighted by Gasteiger charge is 2.13. The number of rotatable bonds is 4. The Kier molecular flexibility index (Phi) is 7.10. The Hall–Kier alpha value is -1.51. The van der Waals surface area contributed by atoms with Crippen LogP contribution in [0.5, 0.6) is 11.5 Å². The Bertz CT molecular complexity index is 382. The lowest BCUT2D eigenvalue weighted by molar-refractivity contribution is 0.111. The maximum absolute atomic E-state index is 10.9. The van der Waals surface area contributed by atoms with Crippen LogP contribution in [0.1, 0.15) is 63.4 Å². The van der Waals surface area contributed by atoms with E-state index in [0.717, 1.165) is 5.56 Å². The molecule has 3 heteroatoms. The smallest absolute Gasteiger partial charge is 0.154 e. The third-order valence-corrected chi connectivity index (χ3v) is 2.28. The van der Waals surface area contributed by atoms with Crippen molar-refractivity contribution in [3.63, 3.8) is 0 Å². The van der Waals surface area contributed by atoms with Gasteiger partial charge >= 0.3 is 0 Å². The molecular weight excluding hydrogens is 228 g/mol. The first kappa shape index (κ1) is 16.5. The van der Waals surface area contributed by atoms with Crippen LogP contribution in [0.2, 0.25) is 0 Å². The number of aromatic hydroxyl groups is 1. The average molecular weight is 252 g/mol. The summed E-state index contributed by atoms with van der Waals surface area (Å²) in [6.45, 7) is 11.8. The van der Waals surface area contributed by atoms with Gasteiger partial charge in [0, 0.05) is 6.07 Å². The van der Waals surface area contributed by atoms with Crippen LogP contribution in [-0.4, -0.2) is 17.5 Å². The standard InChI is InChI=1S/C13H18O3.C2H6/c1-8(2)11-5-10(16-9(3)4)6-13(15)12(11)7-14;1-2/h5-9,15H,1-4H3;1-2H3. The minimum Gasteiger partial charge on any atom is -0.507 e. The molecule has 0 atom stereocenters. The molecule has 0 radical (unpaired) electrons. The first-order chi connectivity index (χ1) is 8.45. The van der Waals surface area contributed by atoms with Gasteiger partial charge in [-0.2, -0.15) is 0 Å². The Morgan fingerprint density at radius 3 is 2.11 bits per heavy atom. The van der Waals surface area contributed by atoms with Crippen LogP contribution in [0.4, 0.5) is 0 Å². The second-order valence-corrected chi connectivity index (χ2v) is 4.38. The Labute approximate surface area is 110 Å². The van der Waals surface area contributed by atoms with Crippen LogP contribution in [-0.2, 0) is 0 Å². The molecule has 0 fully saturated rings. The molecule has 0 amide bonds. The first-order valence-corrected chi connectivity index (χ1v) is 6.44. The zero-order valence-electron chi connectivity index (χ0n) is 12.2. The van der Waals surface area contributed by atoms with Gasteiger partial charge in [0.2, 0.25) is 0 Å². The Morgan fingerprint density at radius 1 is 1.17 bits per heavy atom. The largest absolute Gasteiger partial charge is 0.507 e. The van der Waals surface area contributed by atoms with E-state index in [-0.39, 0.29) is 17.8 Å². The van der Waals surface area contributed by atoms with Gasteiger partial charge < -0.3 is 9.84 Å². The summed E-state index contributed by atoms with van der Waals surface area (Å²) in [7, 11) is 0. The van der Waals surface area contributed by atoms with E-state index in [1.807, 2.05) is 47.6 Å². The molecule has 0 spiro atoms. The number of phenolic OH excluding ortho intramolecular Hbond substituents is 1. The van der Waals surface area contributed by atoms with Crippen molar-refractivity contribution in [2.45, 2.75) is 53.6 Å². The molecule has 0 aliphatic heterocycles. The highest BCUT2D eigenvalue weighted by Crippen LogP contribution is 2.31. The first-order valence-electron chi connectivity index (χ1n) is 6.44. The maximum Gasteiger partial charge on any atom is 0.154 e. The molecule has 0 unspecified atom stereocenters. The second-order valence-electron chi connectivity index (χ2n) is 4.38. The topological polar surface area (TPSA) is 46.5 Å². The summed E-state index contributed by atoms with van der Waals surface area (Å²) in [4.78, 5) is 10.9. The number of ether oxygens (including phenoxy) is 1. The van der Waals surface area contributed by atoms with Crippen LogP contribution in [0.25, 0.3) is 0 Å². The lowest BCUT2D eigenvalue weighted by Crippen LogP contribution is -2.07. The molecule has 3 nitrogen and oxygen atoms in total. The summed E-state index contributed by atoms with van der Waals surface area (Å²) >= 11 is 0. The van der Waals surface area contributed by atoms with Crippen molar-refractivity contribution >= 4 is 6.29 Å². The predicted molar refractivity (Wildman–Crippen MR) is 74.7 cm³/mol. The summed E-state index contributed by atoms with van der Waals surface area (Å²) in [6.07, 6.45) is 0.727. The van der Waals surface area contributed by atoms with Crippen LogP contribution < -0.4 is 4.74 Å². The van der Waals surface area contributed by atoms with Gasteiger partial charge in [-0.1, -0.05) is 27.7 Å². The lowest BCUT2D eigenvalue weighted by Gasteiger charge is -2.15. The number of benzene rings is 1. The number of hydrogen-bond donors (Lipinski definition) is 1. The monoisotopic (exact) mass is 252 g/mol. The third-order valence-electron chi connectivity index (χ3n) is 2.28.